The lowest BCUT2D eigenvalue weighted by atomic mass is 10.0. The number of hydrogen-bond acceptors (Lipinski definition) is 6. The summed E-state index contributed by atoms with van der Waals surface area (Å²) >= 11 is 0. The molecule has 0 unspecified atom stereocenters. The van der Waals surface area contributed by atoms with Crippen LogP contribution in [-0.4, -0.2) is 15.0 Å². The fourth-order valence-corrected chi connectivity index (χ4v) is 3.98. The van der Waals surface area contributed by atoms with Gasteiger partial charge in [-0.15, -0.1) is 0 Å². The smallest absolute Gasteiger partial charge is 0.209 e. The first-order chi connectivity index (χ1) is 20.9. The lowest BCUT2D eigenvalue weighted by Crippen LogP contribution is -2.16. The molecule has 1 aliphatic carbocycles. The van der Waals surface area contributed by atoms with Crippen LogP contribution in [0, 0.1) is 98.6 Å². The van der Waals surface area contributed by atoms with Crippen LogP contribution < -0.4 is 0 Å². The Morgan fingerprint density at radius 3 is 0.911 bits per heavy atom. The highest BCUT2D eigenvalue weighted by atomic mass is 19.4. The van der Waals surface area contributed by atoms with Gasteiger partial charge in [0.15, 0.2) is 40.6 Å². The molecule has 45 heavy (non-hydrogen) atoms. The molecular formula is C25F14N6. The van der Waals surface area contributed by atoms with Crippen LogP contribution in [-0.2, 0) is 6.18 Å². The van der Waals surface area contributed by atoms with Gasteiger partial charge < -0.3 is 0 Å². The zero-order valence-electron chi connectivity index (χ0n) is 20.5. The molecule has 0 bridgehead atoms. The van der Waals surface area contributed by atoms with Crippen molar-refractivity contribution < 1.29 is 61.5 Å². The van der Waals surface area contributed by atoms with E-state index in [-0.39, 0.29) is 0 Å². The van der Waals surface area contributed by atoms with Crippen LogP contribution in [0.3, 0.4) is 0 Å². The molecule has 1 saturated carbocycles. The molecule has 3 heterocycles. The summed E-state index contributed by atoms with van der Waals surface area (Å²) < 4.78 is 198. The van der Waals surface area contributed by atoms with Crippen LogP contribution in [0.15, 0.2) is 16.7 Å². The number of aromatic nitrogens is 3. The van der Waals surface area contributed by atoms with Crippen LogP contribution in [0.2, 0.25) is 0 Å². The van der Waals surface area contributed by atoms with Crippen molar-refractivity contribution >= 4 is 16.7 Å². The summed E-state index contributed by atoms with van der Waals surface area (Å²) in [5.41, 5.74) is -19.1. The molecule has 6 nitrogen and oxygen atoms in total. The van der Waals surface area contributed by atoms with Gasteiger partial charge in [-0.3, -0.25) is 0 Å². The minimum Gasteiger partial charge on any atom is -0.209 e. The Bertz CT molecular complexity index is 1940. The number of pyridine rings is 3. The van der Waals surface area contributed by atoms with Gasteiger partial charge in [0, 0.05) is 16.7 Å². The molecular weight excluding hydrogens is 650 g/mol. The van der Waals surface area contributed by atoms with Gasteiger partial charge in [0.1, 0.15) is 18.2 Å². The van der Waals surface area contributed by atoms with E-state index in [9.17, 15) is 77.3 Å². The molecule has 228 valence electrons. The molecule has 4 rings (SSSR count). The molecule has 0 radical (unpaired) electrons. The van der Waals surface area contributed by atoms with E-state index >= 15 is 0 Å². The average molecular weight is 650 g/mol. The van der Waals surface area contributed by atoms with Crippen molar-refractivity contribution in [2.24, 2.45) is 0 Å². The molecule has 3 aromatic heterocycles. The molecule has 0 saturated heterocycles. The standard InChI is InChI=1S/C25F14N6/c26-13-10(14(27)20(32)43-19(13)25(37,38)39)4(1-40)7-8(5(2-41)11-15(28)21(33)44-22(34)16(11)29)9(7)6(3-42)12-17(30)23(35)45-24(36)18(12)31/b7-4?,8-5-,9-6+. The lowest BCUT2D eigenvalue weighted by molar-refractivity contribution is -0.144. The number of nitriles is 3. The number of hydrogen-bond donors (Lipinski definition) is 0. The summed E-state index contributed by atoms with van der Waals surface area (Å²) in [6.07, 6.45) is -5.90. The Kier molecular flexibility index (Phi) is 7.85. The fraction of sp³-hybridized carbons (Fsp3) is 0.0400. The van der Waals surface area contributed by atoms with Gasteiger partial charge in [-0.25, -0.2) is 31.3 Å². The first-order valence-electron chi connectivity index (χ1n) is 10.9. The van der Waals surface area contributed by atoms with Gasteiger partial charge in [0.25, 0.3) is 23.8 Å². The van der Waals surface area contributed by atoms with Crippen molar-refractivity contribution in [2.45, 2.75) is 6.18 Å². The summed E-state index contributed by atoms with van der Waals surface area (Å²) in [7, 11) is 0. The summed E-state index contributed by atoms with van der Waals surface area (Å²) in [6, 6.07) is 2.68. The third-order valence-corrected chi connectivity index (χ3v) is 5.82. The van der Waals surface area contributed by atoms with Gasteiger partial charge in [0.05, 0.1) is 33.4 Å². The Balaban J connectivity index is 2.34. The molecule has 1 aliphatic rings. The van der Waals surface area contributed by atoms with Gasteiger partial charge >= 0.3 is 6.18 Å². The normalized spacial score (nSPS) is 16.1. The summed E-state index contributed by atoms with van der Waals surface area (Å²) in [4.78, 5) is 6.41. The highest BCUT2D eigenvalue weighted by molar-refractivity contribution is 6.12. The third-order valence-electron chi connectivity index (χ3n) is 5.82. The zero-order valence-corrected chi connectivity index (χ0v) is 20.5. The minimum atomic E-state index is -5.90. The number of halogens is 14. The van der Waals surface area contributed by atoms with E-state index in [1.165, 1.54) is 0 Å². The quantitative estimate of drug-likeness (QED) is 0.178. The maximum atomic E-state index is 15.0. The number of nitrogens with zero attached hydrogens (tertiary/aromatic N) is 6. The highest BCUT2D eigenvalue weighted by Gasteiger charge is 2.47. The predicted octanol–water partition coefficient (Wildman–Crippen LogP) is 6.67. The van der Waals surface area contributed by atoms with E-state index in [2.05, 4.69) is 9.97 Å². The Morgan fingerprint density at radius 2 is 0.667 bits per heavy atom. The molecule has 3 aromatic rings. The number of alkyl halides is 3. The van der Waals surface area contributed by atoms with Crippen LogP contribution >= 0.6 is 0 Å². The van der Waals surface area contributed by atoms with Crippen LogP contribution in [0.25, 0.3) is 16.7 Å². The van der Waals surface area contributed by atoms with Crippen LogP contribution in [0.1, 0.15) is 22.4 Å². The van der Waals surface area contributed by atoms with Crippen molar-refractivity contribution in [3.8, 4) is 18.2 Å². The van der Waals surface area contributed by atoms with E-state index < -0.39 is 127 Å². The molecule has 1 fully saturated rings. The van der Waals surface area contributed by atoms with Crippen molar-refractivity contribution in [1.82, 2.24) is 15.0 Å². The molecule has 0 N–H and O–H groups in total. The highest BCUT2D eigenvalue weighted by Crippen LogP contribution is 2.57. The molecule has 0 aliphatic heterocycles. The van der Waals surface area contributed by atoms with Gasteiger partial charge in [-0.05, 0) is 0 Å². The van der Waals surface area contributed by atoms with Crippen LogP contribution in [0.5, 0.6) is 0 Å². The van der Waals surface area contributed by atoms with Crippen molar-refractivity contribution in [3.05, 3.63) is 104 Å². The molecule has 0 aromatic carbocycles. The largest absolute Gasteiger partial charge is 0.436 e. The summed E-state index contributed by atoms with van der Waals surface area (Å²) in [6.45, 7) is 0. The van der Waals surface area contributed by atoms with E-state index in [1.807, 2.05) is 4.98 Å². The number of rotatable bonds is 3. The topological polar surface area (TPSA) is 110 Å². The minimum absolute atomic E-state index is 0.847. The maximum Gasteiger partial charge on any atom is 0.436 e. The van der Waals surface area contributed by atoms with E-state index in [1.54, 1.807) is 0 Å². The third kappa shape index (κ3) is 4.97. The Hall–Kier alpha value is -5.84. The van der Waals surface area contributed by atoms with Gasteiger partial charge in [0.2, 0.25) is 5.95 Å². The fourth-order valence-electron chi connectivity index (χ4n) is 3.98. The molecule has 0 amide bonds. The maximum absolute atomic E-state index is 15.0. The Labute approximate surface area is 237 Å². The SMILES string of the molecule is N#CC(=C1C(=C(/C#N)c2c(F)c(F)nc(F)c2F)/C1=C(/C#N)c1c(F)c(F)nc(F)c1F)c1c(F)c(F)nc(C(F)(F)F)c1F. The predicted molar refractivity (Wildman–Crippen MR) is 115 cm³/mol. The molecule has 0 spiro atoms. The monoisotopic (exact) mass is 650 g/mol. The van der Waals surface area contributed by atoms with E-state index in [0.29, 0.717) is 0 Å². The molecule has 20 heteroatoms. The Morgan fingerprint density at radius 1 is 0.422 bits per heavy atom. The number of allylic oxidation sites excluding steroid dienone is 6. The molecule has 0 atom stereocenters. The second kappa shape index (κ2) is 11.0. The van der Waals surface area contributed by atoms with Crippen molar-refractivity contribution in [3.63, 3.8) is 0 Å². The zero-order chi connectivity index (χ0) is 33.9. The van der Waals surface area contributed by atoms with Crippen molar-refractivity contribution in [1.29, 1.82) is 15.8 Å². The first kappa shape index (κ1) is 32.1. The second-order valence-corrected chi connectivity index (χ2v) is 8.23. The first-order valence-corrected chi connectivity index (χ1v) is 10.9. The van der Waals surface area contributed by atoms with Crippen LogP contribution in [0.4, 0.5) is 61.5 Å². The van der Waals surface area contributed by atoms with Gasteiger partial charge in [-0.1, -0.05) is 0 Å². The lowest BCUT2D eigenvalue weighted by Gasteiger charge is -2.11. The van der Waals surface area contributed by atoms with Crippen molar-refractivity contribution in [2.75, 3.05) is 0 Å². The van der Waals surface area contributed by atoms with Gasteiger partial charge in [-0.2, -0.15) is 60.9 Å². The second-order valence-electron chi connectivity index (χ2n) is 8.23. The average Bonchev–Trinajstić information content (AvgIpc) is 3.68. The van der Waals surface area contributed by atoms with E-state index in [4.69, 9.17) is 0 Å². The van der Waals surface area contributed by atoms with E-state index in [0.717, 1.165) is 18.2 Å². The summed E-state index contributed by atoms with van der Waals surface area (Å²) in [5.74, 6) is -28.0. The summed E-state index contributed by atoms with van der Waals surface area (Å²) in [5, 5.41) is 29.0.